The minimum absolute atomic E-state index is 0.145. The second kappa shape index (κ2) is 3.72. The molecule has 72 valence electrons. The van der Waals surface area contributed by atoms with E-state index >= 15 is 0 Å². The van der Waals surface area contributed by atoms with Gasteiger partial charge in [0.2, 0.25) is 10.0 Å². The molecule has 0 aromatic rings. The maximum absolute atomic E-state index is 11.2. The van der Waals surface area contributed by atoms with Crippen molar-refractivity contribution in [1.82, 2.24) is 4.31 Å². The highest BCUT2D eigenvalue weighted by Crippen LogP contribution is 2.13. The second-order valence-electron chi connectivity index (χ2n) is 3.08. The molecule has 0 amide bonds. The maximum Gasteiger partial charge on any atom is 0.211 e. The summed E-state index contributed by atoms with van der Waals surface area (Å²) in [5, 5.41) is 0. The van der Waals surface area contributed by atoms with Gasteiger partial charge in [-0.15, -0.1) is 0 Å². The lowest BCUT2D eigenvalue weighted by Gasteiger charge is -2.17. The van der Waals surface area contributed by atoms with Crippen molar-refractivity contribution in [2.45, 2.75) is 19.4 Å². The number of epoxide rings is 1. The number of hydrogen-bond acceptors (Lipinski definition) is 3. The lowest BCUT2D eigenvalue weighted by atomic mass is 10.4. The van der Waals surface area contributed by atoms with Crippen LogP contribution < -0.4 is 0 Å². The zero-order chi connectivity index (χ0) is 9.19. The quantitative estimate of drug-likeness (QED) is 0.580. The molecule has 12 heavy (non-hydrogen) atoms. The average molecular weight is 193 g/mol. The van der Waals surface area contributed by atoms with Crippen molar-refractivity contribution < 1.29 is 13.2 Å². The van der Waals surface area contributed by atoms with E-state index in [1.54, 1.807) is 0 Å². The Balaban J connectivity index is 2.47. The summed E-state index contributed by atoms with van der Waals surface area (Å²) in [4.78, 5) is 0. The predicted molar refractivity (Wildman–Crippen MR) is 46.4 cm³/mol. The van der Waals surface area contributed by atoms with Crippen molar-refractivity contribution in [2.24, 2.45) is 0 Å². The van der Waals surface area contributed by atoms with Crippen LogP contribution in [0, 0.1) is 0 Å². The van der Waals surface area contributed by atoms with Gasteiger partial charge < -0.3 is 4.74 Å². The van der Waals surface area contributed by atoms with Gasteiger partial charge in [0.15, 0.2) is 0 Å². The van der Waals surface area contributed by atoms with E-state index in [0.29, 0.717) is 19.7 Å². The molecule has 1 aliphatic heterocycles. The van der Waals surface area contributed by atoms with Crippen LogP contribution in [0.3, 0.4) is 0 Å². The van der Waals surface area contributed by atoms with E-state index < -0.39 is 10.0 Å². The van der Waals surface area contributed by atoms with Crippen LogP contribution in [0.25, 0.3) is 0 Å². The first kappa shape index (κ1) is 9.95. The van der Waals surface area contributed by atoms with Crippen molar-refractivity contribution in [3.8, 4) is 0 Å². The van der Waals surface area contributed by atoms with Crippen molar-refractivity contribution >= 4 is 10.0 Å². The van der Waals surface area contributed by atoms with Crippen LogP contribution in [0.5, 0.6) is 0 Å². The highest BCUT2D eigenvalue weighted by molar-refractivity contribution is 7.88. The third kappa shape index (κ3) is 3.08. The Morgan fingerprint density at radius 3 is 2.50 bits per heavy atom. The maximum atomic E-state index is 11.2. The first-order valence-corrected chi connectivity index (χ1v) is 5.95. The van der Waals surface area contributed by atoms with Crippen LogP contribution in [0.2, 0.25) is 0 Å². The molecular formula is C7H15NO3S. The Kier molecular flexibility index (Phi) is 3.09. The van der Waals surface area contributed by atoms with Gasteiger partial charge in [-0.25, -0.2) is 8.42 Å². The van der Waals surface area contributed by atoms with Gasteiger partial charge >= 0.3 is 0 Å². The Morgan fingerprint density at radius 2 is 2.17 bits per heavy atom. The minimum Gasteiger partial charge on any atom is -0.372 e. The van der Waals surface area contributed by atoms with Crippen molar-refractivity contribution in [2.75, 3.05) is 26.0 Å². The summed E-state index contributed by atoms with van der Waals surface area (Å²) >= 11 is 0. The number of sulfonamides is 1. The first-order chi connectivity index (χ1) is 5.54. The molecule has 1 atom stereocenters. The summed E-state index contributed by atoms with van der Waals surface area (Å²) in [6.07, 6.45) is 2.23. The van der Waals surface area contributed by atoms with E-state index in [0.717, 1.165) is 6.42 Å². The summed E-state index contributed by atoms with van der Waals surface area (Å²) in [7, 11) is -3.03. The summed E-state index contributed by atoms with van der Waals surface area (Å²) in [6, 6.07) is 0. The molecule has 5 heteroatoms. The fourth-order valence-electron chi connectivity index (χ4n) is 1.04. The van der Waals surface area contributed by atoms with Crippen LogP contribution in [0.15, 0.2) is 0 Å². The molecule has 1 fully saturated rings. The van der Waals surface area contributed by atoms with Crippen molar-refractivity contribution in [3.05, 3.63) is 0 Å². The molecule has 0 aromatic heterocycles. The molecule has 1 saturated heterocycles. The Bertz CT molecular complexity index is 233. The third-order valence-corrected chi connectivity index (χ3v) is 3.02. The summed E-state index contributed by atoms with van der Waals surface area (Å²) < 4.78 is 28.8. The van der Waals surface area contributed by atoms with E-state index in [9.17, 15) is 8.42 Å². The van der Waals surface area contributed by atoms with Crippen molar-refractivity contribution in [1.29, 1.82) is 0 Å². The van der Waals surface area contributed by atoms with E-state index in [-0.39, 0.29) is 6.10 Å². The topological polar surface area (TPSA) is 49.9 Å². The van der Waals surface area contributed by atoms with Crippen LogP contribution in [-0.4, -0.2) is 44.8 Å². The lowest BCUT2D eigenvalue weighted by molar-refractivity contribution is 0.336. The van der Waals surface area contributed by atoms with Crippen LogP contribution in [0.4, 0.5) is 0 Å². The average Bonchev–Trinajstić information content (AvgIpc) is 2.68. The Morgan fingerprint density at radius 1 is 1.58 bits per heavy atom. The SMILES string of the molecule is CCCN(CC1CO1)S(C)(=O)=O. The van der Waals surface area contributed by atoms with E-state index in [4.69, 9.17) is 4.74 Å². The molecule has 1 rings (SSSR count). The lowest BCUT2D eigenvalue weighted by Crippen LogP contribution is -2.34. The van der Waals surface area contributed by atoms with E-state index in [1.807, 2.05) is 6.92 Å². The smallest absolute Gasteiger partial charge is 0.211 e. The van der Waals surface area contributed by atoms with Gasteiger partial charge in [0, 0.05) is 13.1 Å². The Labute approximate surface area is 73.6 Å². The van der Waals surface area contributed by atoms with Gasteiger partial charge in [0.1, 0.15) is 0 Å². The fraction of sp³-hybridized carbons (Fsp3) is 1.00. The highest BCUT2D eigenvalue weighted by atomic mass is 32.2. The molecule has 0 bridgehead atoms. The molecule has 4 nitrogen and oxygen atoms in total. The molecule has 1 unspecified atom stereocenters. The van der Waals surface area contributed by atoms with E-state index in [2.05, 4.69) is 0 Å². The molecular weight excluding hydrogens is 178 g/mol. The molecule has 0 aliphatic carbocycles. The molecule has 1 heterocycles. The van der Waals surface area contributed by atoms with Crippen molar-refractivity contribution in [3.63, 3.8) is 0 Å². The normalized spacial score (nSPS) is 23.1. The summed E-state index contributed by atoms with van der Waals surface area (Å²) in [5.41, 5.74) is 0. The zero-order valence-electron chi connectivity index (χ0n) is 7.49. The van der Waals surface area contributed by atoms with Gasteiger partial charge in [0.05, 0.1) is 19.0 Å². The zero-order valence-corrected chi connectivity index (χ0v) is 8.30. The molecule has 0 radical (unpaired) electrons. The Hall–Kier alpha value is -0.130. The predicted octanol–water partition coefficient (Wildman–Crippen LogP) is 0.0568. The monoisotopic (exact) mass is 193 g/mol. The molecule has 1 aliphatic rings. The number of nitrogens with zero attached hydrogens (tertiary/aromatic N) is 1. The molecule has 0 aromatic carbocycles. The number of ether oxygens (including phenoxy) is 1. The van der Waals surface area contributed by atoms with Gasteiger partial charge in [0.25, 0.3) is 0 Å². The molecule has 0 spiro atoms. The van der Waals surface area contributed by atoms with Crippen LogP contribution >= 0.6 is 0 Å². The fourth-order valence-corrected chi connectivity index (χ4v) is 1.99. The minimum atomic E-state index is -3.03. The molecule has 0 N–H and O–H groups in total. The van der Waals surface area contributed by atoms with Gasteiger partial charge in [-0.1, -0.05) is 6.92 Å². The van der Waals surface area contributed by atoms with Gasteiger partial charge in [-0.05, 0) is 6.42 Å². The number of hydrogen-bond donors (Lipinski definition) is 0. The van der Waals surface area contributed by atoms with E-state index in [1.165, 1.54) is 10.6 Å². The molecule has 0 saturated carbocycles. The largest absolute Gasteiger partial charge is 0.372 e. The first-order valence-electron chi connectivity index (χ1n) is 4.10. The second-order valence-corrected chi connectivity index (χ2v) is 5.06. The summed E-state index contributed by atoms with van der Waals surface area (Å²) in [6.45, 7) is 3.78. The van der Waals surface area contributed by atoms with Crippen LogP contribution in [0.1, 0.15) is 13.3 Å². The standard InChI is InChI=1S/C7H15NO3S/c1-3-4-8(12(2,9)10)5-7-6-11-7/h7H,3-6H2,1-2H3. The highest BCUT2D eigenvalue weighted by Gasteiger charge is 2.28. The van der Waals surface area contributed by atoms with Gasteiger partial charge in [-0.3, -0.25) is 0 Å². The van der Waals surface area contributed by atoms with Gasteiger partial charge in [-0.2, -0.15) is 4.31 Å². The number of rotatable bonds is 5. The summed E-state index contributed by atoms with van der Waals surface area (Å²) in [5.74, 6) is 0. The third-order valence-electron chi connectivity index (χ3n) is 1.75. The van der Waals surface area contributed by atoms with Crippen LogP contribution in [-0.2, 0) is 14.8 Å².